The zero-order chi connectivity index (χ0) is 10.3. The largest absolute Gasteiger partial charge is 0.466 e. The molecule has 0 radical (unpaired) electrons. The first kappa shape index (κ1) is 11.5. The van der Waals surface area contributed by atoms with Crippen molar-refractivity contribution >= 4 is 12.3 Å². The van der Waals surface area contributed by atoms with E-state index in [-0.39, 0.29) is 13.0 Å². The molecule has 0 aromatic heterocycles. The van der Waals surface area contributed by atoms with Crippen molar-refractivity contribution in [3.05, 3.63) is 10.1 Å². The fraction of sp³-hybridized carbons (Fsp3) is 0.714. The lowest BCUT2D eigenvalue weighted by atomic mass is 10.1. The summed E-state index contributed by atoms with van der Waals surface area (Å²) in [4.78, 5) is 30.5. The highest BCUT2D eigenvalue weighted by Crippen LogP contribution is 2.04. The summed E-state index contributed by atoms with van der Waals surface area (Å²) in [5, 5.41) is 10.1. The third kappa shape index (κ3) is 4.89. The SMILES string of the molecule is CCOC(=O)C(CC=O)C[N+](=O)[O-]. The summed E-state index contributed by atoms with van der Waals surface area (Å²) in [7, 11) is 0. The molecule has 0 fully saturated rings. The molecule has 0 rings (SSSR count). The van der Waals surface area contributed by atoms with Gasteiger partial charge in [-0.1, -0.05) is 0 Å². The third-order valence-corrected chi connectivity index (χ3v) is 1.37. The van der Waals surface area contributed by atoms with Gasteiger partial charge in [0.15, 0.2) is 0 Å². The van der Waals surface area contributed by atoms with Crippen molar-refractivity contribution < 1.29 is 19.2 Å². The molecule has 0 N–H and O–H groups in total. The van der Waals surface area contributed by atoms with E-state index in [0.29, 0.717) is 6.29 Å². The number of ether oxygens (including phenoxy) is 1. The number of hydrogen-bond acceptors (Lipinski definition) is 5. The minimum Gasteiger partial charge on any atom is -0.466 e. The fourth-order valence-corrected chi connectivity index (χ4v) is 0.802. The predicted octanol–water partition coefficient (Wildman–Crippen LogP) is 0.0314. The molecule has 0 heterocycles. The van der Waals surface area contributed by atoms with E-state index < -0.39 is 23.4 Å². The van der Waals surface area contributed by atoms with E-state index in [1.54, 1.807) is 6.92 Å². The van der Waals surface area contributed by atoms with Crippen LogP contribution in [-0.4, -0.2) is 30.3 Å². The Labute approximate surface area is 75.0 Å². The van der Waals surface area contributed by atoms with Gasteiger partial charge in [-0.2, -0.15) is 0 Å². The summed E-state index contributed by atoms with van der Waals surface area (Å²) in [5.74, 6) is -1.64. The second-order valence-corrected chi connectivity index (χ2v) is 2.37. The molecule has 1 unspecified atom stereocenters. The summed E-state index contributed by atoms with van der Waals surface area (Å²) in [6.07, 6.45) is 0.310. The van der Waals surface area contributed by atoms with E-state index in [1.807, 2.05) is 0 Å². The van der Waals surface area contributed by atoms with Gasteiger partial charge in [-0.3, -0.25) is 14.9 Å². The molecule has 13 heavy (non-hydrogen) atoms. The van der Waals surface area contributed by atoms with E-state index in [1.165, 1.54) is 0 Å². The van der Waals surface area contributed by atoms with Crippen LogP contribution in [0.3, 0.4) is 0 Å². The van der Waals surface area contributed by atoms with Gasteiger partial charge in [-0.15, -0.1) is 0 Å². The minimum absolute atomic E-state index is 0.159. The highest BCUT2D eigenvalue weighted by molar-refractivity contribution is 5.75. The zero-order valence-corrected chi connectivity index (χ0v) is 7.26. The molecule has 0 aliphatic carbocycles. The molecule has 0 aliphatic rings. The van der Waals surface area contributed by atoms with Gasteiger partial charge in [0.05, 0.1) is 6.61 Å². The summed E-state index contributed by atoms with van der Waals surface area (Å²) >= 11 is 0. The molecule has 1 atom stereocenters. The van der Waals surface area contributed by atoms with Gasteiger partial charge in [0.25, 0.3) is 0 Å². The van der Waals surface area contributed by atoms with Crippen molar-refractivity contribution in [2.24, 2.45) is 5.92 Å². The normalized spacial score (nSPS) is 11.8. The summed E-state index contributed by atoms with van der Waals surface area (Å²) in [6, 6.07) is 0. The van der Waals surface area contributed by atoms with Crippen LogP contribution < -0.4 is 0 Å². The first-order valence-corrected chi connectivity index (χ1v) is 3.83. The van der Waals surface area contributed by atoms with E-state index in [0.717, 1.165) is 0 Å². The van der Waals surface area contributed by atoms with Crippen LogP contribution in [0.1, 0.15) is 13.3 Å². The Hall–Kier alpha value is -1.46. The number of nitrogens with zero attached hydrogens (tertiary/aromatic N) is 1. The second-order valence-electron chi connectivity index (χ2n) is 2.37. The molecule has 6 heteroatoms. The monoisotopic (exact) mass is 189 g/mol. The number of carbonyl (C=O) groups is 2. The third-order valence-electron chi connectivity index (χ3n) is 1.37. The van der Waals surface area contributed by atoms with E-state index >= 15 is 0 Å². The molecule has 0 aromatic rings. The lowest BCUT2D eigenvalue weighted by Crippen LogP contribution is -2.25. The molecule has 74 valence electrons. The van der Waals surface area contributed by atoms with Gasteiger partial charge in [-0.25, -0.2) is 0 Å². The van der Waals surface area contributed by atoms with Crippen LogP contribution in [0.4, 0.5) is 0 Å². The lowest BCUT2D eigenvalue weighted by molar-refractivity contribution is -0.485. The molecule has 0 aromatic carbocycles. The van der Waals surface area contributed by atoms with Crippen LogP contribution in [0.15, 0.2) is 0 Å². The summed E-state index contributed by atoms with van der Waals surface area (Å²) < 4.78 is 4.56. The predicted molar refractivity (Wildman–Crippen MR) is 42.7 cm³/mol. The Morgan fingerprint density at radius 1 is 1.69 bits per heavy atom. The van der Waals surface area contributed by atoms with E-state index in [9.17, 15) is 19.7 Å². The lowest BCUT2D eigenvalue weighted by Gasteiger charge is -2.07. The summed E-state index contributed by atoms with van der Waals surface area (Å²) in [5.41, 5.74) is 0. The fourth-order valence-electron chi connectivity index (χ4n) is 0.802. The highest BCUT2D eigenvalue weighted by Gasteiger charge is 2.24. The molecule has 0 saturated heterocycles. The number of esters is 1. The maximum absolute atomic E-state index is 11.0. The molecule has 0 amide bonds. The van der Waals surface area contributed by atoms with Crippen molar-refractivity contribution in [2.75, 3.05) is 13.2 Å². The number of hydrogen-bond donors (Lipinski definition) is 0. The van der Waals surface area contributed by atoms with Crippen LogP contribution >= 0.6 is 0 Å². The average molecular weight is 189 g/mol. The molecular formula is C7H11NO5. The van der Waals surface area contributed by atoms with Crippen molar-refractivity contribution in [3.63, 3.8) is 0 Å². The molecule has 0 saturated carbocycles. The second kappa shape index (κ2) is 6.10. The summed E-state index contributed by atoms with van der Waals surface area (Å²) in [6.45, 7) is 1.20. The molecule has 0 spiro atoms. The Bertz CT molecular complexity index is 203. The van der Waals surface area contributed by atoms with Crippen molar-refractivity contribution in [1.29, 1.82) is 0 Å². The minimum atomic E-state index is -0.951. The van der Waals surface area contributed by atoms with E-state index in [4.69, 9.17) is 0 Å². The quantitative estimate of drug-likeness (QED) is 0.254. The van der Waals surface area contributed by atoms with E-state index in [2.05, 4.69) is 4.74 Å². The Kier molecular flexibility index (Phi) is 5.42. The van der Waals surface area contributed by atoms with Crippen molar-refractivity contribution in [2.45, 2.75) is 13.3 Å². The van der Waals surface area contributed by atoms with Gasteiger partial charge in [0.1, 0.15) is 12.2 Å². The number of aldehydes is 1. The van der Waals surface area contributed by atoms with Crippen LogP contribution in [0.5, 0.6) is 0 Å². The Morgan fingerprint density at radius 3 is 2.69 bits per heavy atom. The Balaban J connectivity index is 4.13. The maximum Gasteiger partial charge on any atom is 0.316 e. The molecular weight excluding hydrogens is 178 g/mol. The number of rotatable bonds is 6. The van der Waals surface area contributed by atoms with Gasteiger partial charge in [0.2, 0.25) is 6.54 Å². The molecule has 0 bridgehead atoms. The van der Waals surface area contributed by atoms with Crippen molar-refractivity contribution in [1.82, 2.24) is 0 Å². The van der Waals surface area contributed by atoms with Gasteiger partial charge in [0, 0.05) is 11.3 Å². The standard InChI is InChI=1S/C7H11NO5/c1-2-13-7(10)6(3-4-9)5-8(11)12/h4,6H,2-3,5H2,1H3. The van der Waals surface area contributed by atoms with Gasteiger partial charge < -0.3 is 9.53 Å². The highest BCUT2D eigenvalue weighted by atomic mass is 16.6. The van der Waals surface area contributed by atoms with Crippen LogP contribution in [0.25, 0.3) is 0 Å². The first-order valence-electron chi connectivity index (χ1n) is 3.83. The van der Waals surface area contributed by atoms with Crippen LogP contribution in [-0.2, 0) is 14.3 Å². The maximum atomic E-state index is 11.0. The molecule has 0 aliphatic heterocycles. The number of carbonyl (C=O) groups excluding carboxylic acids is 2. The topological polar surface area (TPSA) is 86.5 Å². The van der Waals surface area contributed by atoms with Crippen molar-refractivity contribution in [3.8, 4) is 0 Å². The average Bonchev–Trinajstić information content (AvgIpc) is 2.03. The van der Waals surface area contributed by atoms with Crippen LogP contribution in [0.2, 0.25) is 0 Å². The Morgan fingerprint density at radius 2 is 2.31 bits per heavy atom. The zero-order valence-electron chi connectivity index (χ0n) is 7.26. The number of nitro groups is 1. The van der Waals surface area contributed by atoms with Crippen LogP contribution in [0, 0.1) is 16.0 Å². The first-order chi connectivity index (χ1) is 6.11. The van der Waals surface area contributed by atoms with Gasteiger partial charge >= 0.3 is 5.97 Å². The smallest absolute Gasteiger partial charge is 0.316 e. The van der Waals surface area contributed by atoms with Gasteiger partial charge in [-0.05, 0) is 6.92 Å². The molecule has 6 nitrogen and oxygen atoms in total.